The fraction of sp³-hybridized carbons (Fsp3) is 0.0741. The molecule has 1 N–H and O–H groups in total. The van der Waals surface area contributed by atoms with Crippen molar-refractivity contribution in [1.82, 2.24) is 0 Å². The van der Waals surface area contributed by atoms with Gasteiger partial charge in [-0.3, -0.25) is 9.10 Å². The average molecular weight is 523 g/mol. The van der Waals surface area contributed by atoms with E-state index in [2.05, 4.69) is 5.32 Å². The van der Waals surface area contributed by atoms with E-state index in [1.807, 2.05) is 48.5 Å². The minimum atomic E-state index is -3.77. The molecule has 0 heterocycles. The van der Waals surface area contributed by atoms with Crippen molar-refractivity contribution < 1.29 is 22.7 Å². The van der Waals surface area contributed by atoms with Crippen LogP contribution in [0.4, 0.5) is 11.4 Å². The molecule has 0 saturated carbocycles. The van der Waals surface area contributed by atoms with Crippen LogP contribution in [0.2, 0.25) is 5.02 Å². The summed E-state index contributed by atoms with van der Waals surface area (Å²) in [7, 11) is -3.77. The Hall–Kier alpha value is -4.01. The number of hydrogen-bond acceptors (Lipinski definition) is 5. The van der Waals surface area contributed by atoms with Crippen LogP contribution in [0.25, 0.3) is 0 Å². The fourth-order valence-corrected chi connectivity index (χ4v) is 4.36. The summed E-state index contributed by atoms with van der Waals surface area (Å²) in [5.41, 5.74) is 0.635. The van der Waals surface area contributed by atoms with E-state index < -0.39 is 22.5 Å². The predicted octanol–water partition coefficient (Wildman–Crippen LogP) is 6.33. The lowest BCUT2D eigenvalue weighted by Gasteiger charge is -2.22. The quantitative estimate of drug-likeness (QED) is 0.277. The van der Waals surface area contributed by atoms with E-state index >= 15 is 0 Å². The summed E-state index contributed by atoms with van der Waals surface area (Å²) in [4.78, 5) is 12.9. The molecule has 0 radical (unpaired) electrons. The lowest BCUT2D eigenvalue weighted by Crippen LogP contribution is -2.37. The molecule has 0 aliphatic rings. The lowest BCUT2D eigenvalue weighted by molar-refractivity contribution is -0.114. The van der Waals surface area contributed by atoms with Crippen molar-refractivity contribution in [2.75, 3.05) is 22.4 Å². The van der Waals surface area contributed by atoms with Gasteiger partial charge in [0.15, 0.2) is 5.75 Å². The monoisotopic (exact) mass is 522 g/mol. The van der Waals surface area contributed by atoms with Crippen LogP contribution in [0, 0.1) is 0 Å². The van der Waals surface area contributed by atoms with Gasteiger partial charge in [-0.2, -0.15) is 0 Å². The topological polar surface area (TPSA) is 84.9 Å². The van der Waals surface area contributed by atoms with Crippen LogP contribution >= 0.6 is 11.6 Å². The van der Waals surface area contributed by atoms with Gasteiger partial charge in [0, 0.05) is 5.02 Å². The van der Waals surface area contributed by atoms with Gasteiger partial charge in [0.25, 0.3) is 0 Å². The van der Waals surface area contributed by atoms with Crippen molar-refractivity contribution in [2.45, 2.75) is 0 Å². The number of nitrogens with zero attached hydrogens (tertiary/aromatic N) is 1. The van der Waals surface area contributed by atoms with Gasteiger partial charge < -0.3 is 14.8 Å². The Kier molecular flexibility index (Phi) is 7.77. The Morgan fingerprint density at radius 1 is 0.806 bits per heavy atom. The number of anilines is 2. The van der Waals surface area contributed by atoms with Crippen molar-refractivity contribution >= 4 is 38.9 Å². The molecule has 0 aliphatic carbocycles. The molecule has 4 rings (SSSR count). The number of nitrogens with one attached hydrogen (secondary N) is 1. The Bertz CT molecular complexity index is 1430. The lowest BCUT2D eigenvalue weighted by atomic mass is 10.2. The van der Waals surface area contributed by atoms with Gasteiger partial charge in [0.2, 0.25) is 15.9 Å². The largest absolute Gasteiger partial charge is 0.457 e. The molecule has 0 spiro atoms. The van der Waals surface area contributed by atoms with Crippen LogP contribution < -0.4 is 19.1 Å². The first-order valence-electron chi connectivity index (χ1n) is 10.9. The molecule has 0 saturated heterocycles. The first kappa shape index (κ1) is 25.1. The number of sulfonamides is 1. The standard InChI is InChI=1S/C27H23ClN2O5S/c1-36(32,33)30(21-13-15-24(16-14-21)34-22-8-4-2-5-9-22)19-27(31)29-25-18-20(28)12-17-26(25)35-23-10-6-3-7-11-23/h2-18H,19H2,1H3,(H,29,31). The third-order valence-corrected chi connectivity index (χ3v) is 6.35. The van der Waals surface area contributed by atoms with E-state index in [-0.39, 0.29) is 0 Å². The normalized spacial score (nSPS) is 10.9. The minimum Gasteiger partial charge on any atom is -0.457 e. The maximum atomic E-state index is 12.9. The van der Waals surface area contributed by atoms with Crippen molar-refractivity contribution in [2.24, 2.45) is 0 Å². The highest BCUT2D eigenvalue weighted by atomic mass is 35.5. The predicted molar refractivity (Wildman–Crippen MR) is 142 cm³/mol. The molecule has 4 aromatic carbocycles. The van der Waals surface area contributed by atoms with Crippen molar-refractivity contribution in [1.29, 1.82) is 0 Å². The number of benzene rings is 4. The van der Waals surface area contributed by atoms with E-state index in [0.29, 0.717) is 39.4 Å². The van der Waals surface area contributed by atoms with E-state index in [0.717, 1.165) is 10.6 Å². The van der Waals surface area contributed by atoms with Crippen LogP contribution in [0.1, 0.15) is 0 Å². The van der Waals surface area contributed by atoms with Crippen molar-refractivity contribution in [3.8, 4) is 23.0 Å². The summed E-state index contributed by atoms with van der Waals surface area (Å²) in [5.74, 6) is 1.56. The van der Waals surface area contributed by atoms with Gasteiger partial charge in [-0.15, -0.1) is 0 Å². The Balaban J connectivity index is 1.50. The molecule has 0 aromatic heterocycles. The highest BCUT2D eigenvalue weighted by Gasteiger charge is 2.22. The van der Waals surface area contributed by atoms with E-state index in [9.17, 15) is 13.2 Å². The molecule has 0 atom stereocenters. The molecule has 0 bridgehead atoms. The van der Waals surface area contributed by atoms with Gasteiger partial charge >= 0.3 is 0 Å². The number of para-hydroxylation sites is 2. The maximum Gasteiger partial charge on any atom is 0.245 e. The van der Waals surface area contributed by atoms with Crippen LogP contribution in [-0.2, 0) is 14.8 Å². The zero-order chi connectivity index (χ0) is 25.5. The first-order valence-corrected chi connectivity index (χ1v) is 13.1. The van der Waals surface area contributed by atoms with E-state index in [1.54, 1.807) is 48.5 Å². The molecule has 7 nitrogen and oxygen atoms in total. The van der Waals surface area contributed by atoms with Gasteiger partial charge in [0.1, 0.15) is 23.8 Å². The molecule has 0 unspecified atom stereocenters. The van der Waals surface area contributed by atoms with E-state index in [4.69, 9.17) is 21.1 Å². The summed E-state index contributed by atoms with van der Waals surface area (Å²) >= 11 is 6.13. The summed E-state index contributed by atoms with van der Waals surface area (Å²) in [6.45, 7) is -0.449. The van der Waals surface area contributed by atoms with E-state index in [1.165, 1.54) is 6.07 Å². The Morgan fingerprint density at radius 2 is 1.36 bits per heavy atom. The van der Waals surface area contributed by atoms with Gasteiger partial charge in [-0.25, -0.2) is 8.42 Å². The molecule has 4 aromatic rings. The van der Waals surface area contributed by atoms with Crippen LogP contribution in [0.5, 0.6) is 23.0 Å². The third kappa shape index (κ3) is 6.78. The minimum absolute atomic E-state index is 0.316. The van der Waals surface area contributed by atoms with Gasteiger partial charge in [0.05, 0.1) is 17.6 Å². The summed E-state index contributed by atoms with van der Waals surface area (Å²) in [6.07, 6.45) is 1.04. The highest BCUT2D eigenvalue weighted by Crippen LogP contribution is 2.32. The Labute approximate surface area is 214 Å². The second-order valence-electron chi connectivity index (χ2n) is 7.78. The molecular weight excluding hydrogens is 500 g/mol. The van der Waals surface area contributed by atoms with Crippen LogP contribution in [0.3, 0.4) is 0 Å². The van der Waals surface area contributed by atoms with Crippen molar-refractivity contribution in [3.63, 3.8) is 0 Å². The molecule has 184 valence electrons. The van der Waals surface area contributed by atoms with Crippen LogP contribution in [0.15, 0.2) is 103 Å². The first-order chi connectivity index (χ1) is 17.3. The van der Waals surface area contributed by atoms with Crippen LogP contribution in [-0.4, -0.2) is 27.1 Å². The SMILES string of the molecule is CS(=O)(=O)N(CC(=O)Nc1cc(Cl)ccc1Oc1ccccc1)c1ccc(Oc2ccccc2)cc1. The number of halogens is 1. The second-order valence-corrected chi connectivity index (χ2v) is 10.1. The number of carbonyl (C=O) groups is 1. The smallest absolute Gasteiger partial charge is 0.245 e. The molecular formula is C27H23ClN2O5S. The highest BCUT2D eigenvalue weighted by molar-refractivity contribution is 7.92. The number of amides is 1. The Morgan fingerprint density at radius 3 is 1.94 bits per heavy atom. The van der Waals surface area contributed by atoms with Gasteiger partial charge in [-0.1, -0.05) is 48.0 Å². The summed E-state index contributed by atoms with van der Waals surface area (Å²) < 4.78 is 37.7. The summed E-state index contributed by atoms with van der Waals surface area (Å²) in [5, 5.41) is 3.10. The average Bonchev–Trinajstić information content (AvgIpc) is 2.85. The zero-order valence-electron chi connectivity index (χ0n) is 19.3. The number of hydrogen-bond donors (Lipinski definition) is 1. The molecule has 9 heteroatoms. The number of carbonyl (C=O) groups excluding carboxylic acids is 1. The number of rotatable bonds is 9. The molecule has 1 amide bonds. The summed E-state index contributed by atoms with van der Waals surface area (Å²) in [6, 6.07) is 29.5. The number of ether oxygens (including phenoxy) is 2. The van der Waals surface area contributed by atoms with Gasteiger partial charge in [-0.05, 0) is 66.7 Å². The zero-order valence-corrected chi connectivity index (χ0v) is 20.9. The molecule has 0 fully saturated rings. The molecule has 0 aliphatic heterocycles. The van der Waals surface area contributed by atoms with Crippen molar-refractivity contribution in [3.05, 3.63) is 108 Å². The maximum absolute atomic E-state index is 12.9. The fourth-order valence-electron chi connectivity index (χ4n) is 3.33. The molecule has 36 heavy (non-hydrogen) atoms. The second kappa shape index (κ2) is 11.2. The third-order valence-electron chi connectivity index (χ3n) is 4.98.